The number of fused-ring (bicyclic) bond motifs is 1. The number of carbonyl (C=O) groups excluding carboxylic acids is 1. The number of carbonyl (C=O) groups is 1. The average molecular weight is 306 g/mol. The molecule has 114 valence electrons. The molecule has 6 heteroatoms. The Hall–Kier alpha value is -3.41. The van der Waals surface area contributed by atoms with Gasteiger partial charge in [0.05, 0.1) is 11.8 Å². The van der Waals surface area contributed by atoms with Crippen LogP contribution in [0.2, 0.25) is 0 Å². The van der Waals surface area contributed by atoms with Crippen LogP contribution in [0.1, 0.15) is 15.9 Å². The zero-order valence-electron chi connectivity index (χ0n) is 12.1. The van der Waals surface area contributed by atoms with Crippen LogP contribution in [0.4, 0.5) is 5.69 Å². The third-order valence-electron chi connectivity index (χ3n) is 3.32. The number of nitrogens with one attached hydrogen (secondary N) is 2. The topological polar surface area (TPSA) is 100 Å². The predicted octanol–water partition coefficient (Wildman–Crippen LogP) is 1.87. The van der Waals surface area contributed by atoms with E-state index in [9.17, 15) is 9.59 Å². The van der Waals surface area contributed by atoms with E-state index in [1.807, 2.05) is 24.3 Å². The molecule has 0 fully saturated rings. The summed E-state index contributed by atoms with van der Waals surface area (Å²) in [6.45, 7) is 0. The van der Waals surface area contributed by atoms with Crippen LogP contribution in [0.15, 0.2) is 64.5 Å². The van der Waals surface area contributed by atoms with Crippen molar-refractivity contribution in [3.8, 4) is 0 Å². The van der Waals surface area contributed by atoms with Gasteiger partial charge in [-0.15, -0.1) is 0 Å². The molecular formula is C17H14N4O2. The van der Waals surface area contributed by atoms with Crippen LogP contribution >= 0.6 is 0 Å². The van der Waals surface area contributed by atoms with E-state index in [1.54, 1.807) is 30.3 Å². The van der Waals surface area contributed by atoms with Gasteiger partial charge in [0.15, 0.2) is 0 Å². The molecule has 2 aromatic carbocycles. The van der Waals surface area contributed by atoms with Gasteiger partial charge in [-0.25, -0.2) is 5.43 Å². The minimum atomic E-state index is -0.376. The number of aromatic nitrogens is 1. The summed E-state index contributed by atoms with van der Waals surface area (Å²) in [4.78, 5) is 26.6. The first-order valence-corrected chi connectivity index (χ1v) is 6.94. The second-order valence-electron chi connectivity index (χ2n) is 4.96. The number of H-pyrrole nitrogens is 1. The standard InChI is InChI=1S/C17H14N4O2/c18-14-7-5-11(6-8-14)17(23)21-19-10-13-9-12-3-1-2-4-15(12)20-16(13)22/h1-10H,18H2,(H,20,22)(H,21,23)/b19-10+. The summed E-state index contributed by atoms with van der Waals surface area (Å²) in [7, 11) is 0. The number of nitrogens with zero attached hydrogens (tertiary/aromatic N) is 1. The molecule has 1 aromatic heterocycles. The molecule has 4 N–H and O–H groups in total. The Morgan fingerprint density at radius 2 is 1.87 bits per heavy atom. The van der Waals surface area contributed by atoms with E-state index < -0.39 is 0 Å². The molecule has 3 aromatic rings. The van der Waals surface area contributed by atoms with Crippen LogP contribution in [0, 0.1) is 0 Å². The predicted molar refractivity (Wildman–Crippen MR) is 90.5 cm³/mol. The van der Waals surface area contributed by atoms with Crippen LogP contribution in [0.5, 0.6) is 0 Å². The van der Waals surface area contributed by atoms with Gasteiger partial charge in [0, 0.05) is 16.8 Å². The van der Waals surface area contributed by atoms with Crippen LogP contribution in [0.25, 0.3) is 10.9 Å². The molecule has 23 heavy (non-hydrogen) atoms. The molecule has 3 rings (SSSR count). The largest absolute Gasteiger partial charge is 0.399 e. The first-order chi connectivity index (χ1) is 11.1. The molecule has 0 bridgehead atoms. The van der Waals surface area contributed by atoms with Crippen molar-refractivity contribution in [2.45, 2.75) is 0 Å². The summed E-state index contributed by atoms with van der Waals surface area (Å²) in [5.41, 5.74) is 9.80. The summed E-state index contributed by atoms with van der Waals surface area (Å²) < 4.78 is 0. The van der Waals surface area contributed by atoms with E-state index >= 15 is 0 Å². The number of hydrogen-bond donors (Lipinski definition) is 3. The maximum Gasteiger partial charge on any atom is 0.271 e. The van der Waals surface area contributed by atoms with Gasteiger partial charge in [-0.1, -0.05) is 18.2 Å². The number of para-hydroxylation sites is 1. The first kappa shape index (κ1) is 14.5. The fourth-order valence-electron chi connectivity index (χ4n) is 2.12. The molecule has 0 atom stereocenters. The molecule has 0 radical (unpaired) electrons. The van der Waals surface area contributed by atoms with Crippen molar-refractivity contribution in [2.75, 3.05) is 5.73 Å². The summed E-state index contributed by atoms with van der Waals surface area (Å²) in [6, 6.07) is 15.6. The van der Waals surface area contributed by atoms with Crippen molar-refractivity contribution < 1.29 is 4.79 Å². The van der Waals surface area contributed by atoms with Crippen LogP contribution in [0.3, 0.4) is 0 Å². The van der Waals surface area contributed by atoms with Crippen molar-refractivity contribution in [1.82, 2.24) is 10.4 Å². The fraction of sp³-hybridized carbons (Fsp3) is 0. The monoisotopic (exact) mass is 306 g/mol. The van der Waals surface area contributed by atoms with E-state index in [1.165, 1.54) is 6.21 Å². The summed E-state index contributed by atoms with van der Waals surface area (Å²) in [5.74, 6) is -0.376. The molecule has 0 aliphatic heterocycles. The van der Waals surface area contributed by atoms with Crippen molar-refractivity contribution in [2.24, 2.45) is 5.10 Å². The lowest BCUT2D eigenvalue weighted by atomic mass is 10.2. The third kappa shape index (κ3) is 3.26. The lowest BCUT2D eigenvalue weighted by Crippen LogP contribution is -2.19. The summed E-state index contributed by atoms with van der Waals surface area (Å²) >= 11 is 0. The Balaban J connectivity index is 1.77. The highest BCUT2D eigenvalue weighted by molar-refractivity contribution is 5.95. The number of nitrogens with two attached hydrogens (primary N) is 1. The van der Waals surface area contributed by atoms with Crippen LogP contribution < -0.4 is 16.7 Å². The highest BCUT2D eigenvalue weighted by Crippen LogP contribution is 2.09. The third-order valence-corrected chi connectivity index (χ3v) is 3.32. The Kier molecular flexibility index (Phi) is 3.88. The van der Waals surface area contributed by atoms with Gasteiger partial charge in [-0.05, 0) is 41.8 Å². The second-order valence-corrected chi connectivity index (χ2v) is 4.96. The zero-order chi connectivity index (χ0) is 16.2. The lowest BCUT2D eigenvalue weighted by Gasteiger charge is -2.01. The number of pyridine rings is 1. The summed E-state index contributed by atoms with van der Waals surface area (Å²) in [5, 5.41) is 4.72. The molecular weight excluding hydrogens is 292 g/mol. The van der Waals surface area contributed by atoms with Gasteiger partial charge in [0.25, 0.3) is 11.5 Å². The lowest BCUT2D eigenvalue weighted by molar-refractivity contribution is 0.0955. The van der Waals surface area contributed by atoms with Gasteiger partial charge < -0.3 is 10.7 Å². The van der Waals surface area contributed by atoms with Crippen molar-refractivity contribution in [1.29, 1.82) is 0 Å². The highest BCUT2D eigenvalue weighted by atomic mass is 16.2. The Morgan fingerprint density at radius 1 is 1.13 bits per heavy atom. The van der Waals surface area contributed by atoms with Crippen LogP contribution in [-0.2, 0) is 0 Å². The molecule has 1 amide bonds. The van der Waals surface area contributed by atoms with Gasteiger partial charge in [-0.3, -0.25) is 9.59 Å². The van der Waals surface area contributed by atoms with E-state index in [0.29, 0.717) is 16.8 Å². The number of anilines is 1. The van der Waals surface area contributed by atoms with Crippen molar-refractivity contribution >= 4 is 28.7 Å². The van der Waals surface area contributed by atoms with E-state index in [0.717, 1.165) is 10.9 Å². The molecule has 6 nitrogen and oxygen atoms in total. The van der Waals surface area contributed by atoms with Crippen LogP contribution in [-0.4, -0.2) is 17.1 Å². The Labute approximate surface area is 131 Å². The minimum absolute atomic E-state index is 0.269. The van der Waals surface area contributed by atoms with E-state index in [4.69, 9.17) is 5.73 Å². The molecule has 1 heterocycles. The maximum atomic E-state index is 11.9. The van der Waals surface area contributed by atoms with Gasteiger partial charge >= 0.3 is 0 Å². The zero-order valence-corrected chi connectivity index (χ0v) is 12.1. The van der Waals surface area contributed by atoms with Gasteiger partial charge in [0.2, 0.25) is 0 Å². The molecule has 0 saturated heterocycles. The fourth-order valence-corrected chi connectivity index (χ4v) is 2.12. The number of hydrazone groups is 1. The SMILES string of the molecule is Nc1ccc(C(=O)N/N=C/c2cc3ccccc3[nH]c2=O)cc1. The molecule has 0 aliphatic carbocycles. The Morgan fingerprint density at radius 3 is 2.65 bits per heavy atom. The Bertz CT molecular complexity index is 943. The van der Waals surface area contributed by atoms with E-state index in [-0.39, 0.29) is 11.5 Å². The van der Waals surface area contributed by atoms with E-state index in [2.05, 4.69) is 15.5 Å². The number of rotatable bonds is 3. The molecule has 0 aliphatic rings. The number of benzene rings is 2. The smallest absolute Gasteiger partial charge is 0.271 e. The maximum absolute atomic E-state index is 11.9. The number of aromatic amines is 1. The first-order valence-electron chi connectivity index (χ1n) is 6.94. The number of nitrogen functional groups attached to an aromatic ring is 1. The second kappa shape index (κ2) is 6.15. The summed E-state index contributed by atoms with van der Waals surface area (Å²) in [6.07, 6.45) is 1.32. The molecule has 0 unspecified atom stereocenters. The molecule has 0 saturated carbocycles. The van der Waals surface area contributed by atoms with Crippen molar-refractivity contribution in [3.63, 3.8) is 0 Å². The average Bonchev–Trinajstić information content (AvgIpc) is 2.56. The van der Waals surface area contributed by atoms with Gasteiger partial charge in [0.1, 0.15) is 0 Å². The molecule has 0 spiro atoms. The quantitative estimate of drug-likeness (QED) is 0.391. The number of hydrogen-bond acceptors (Lipinski definition) is 4. The normalized spacial score (nSPS) is 11.0. The highest BCUT2D eigenvalue weighted by Gasteiger charge is 2.04. The van der Waals surface area contributed by atoms with Crippen molar-refractivity contribution in [3.05, 3.63) is 76.1 Å². The number of amides is 1. The van der Waals surface area contributed by atoms with Gasteiger partial charge in [-0.2, -0.15) is 5.10 Å². The minimum Gasteiger partial charge on any atom is -0.399 e.